The number of carbonyl (C=O) groups excluding carboxylic acids is 1. The van der Waals surface area contributed by atoms with Gasteiger partial charge in [-0.05, 0) is 62.2 Å². The van der Waals surface area contributed by atoms with E-state index in [9.17, 15) is 21.6 Å². The van der Waals surface area contributed by atoms with E-state index in [1.165, 1.54) is 36.7 Å². The normalized spacial score (nSPS) is 15.8. The summed E-state index contributed by atoms with van der Waals surface area (Å²) in [6.07, 6.45) is 2.81. The Hall–Kier alpha value is -2.83. The van der Waals surface area contributed by atoms with Crippen LogP contribution < -0.4 is 19.1 Å². The predicted octanol–water partition coefficient (Wildman–Crippen LogP) is 2.67. The van der Waals surface area contributed by atoms with Gasteiger partial charge in [0, 0.05) is 20.1 Å². The first-order valence-electron chi connectivity index (χ1n) is 11.1. The molecule has 3 rings (SSSR count). The lowest BCUT2D eigenvalue weighted by molar-refractivity contribution is -0.122. The van der Waals surface area contributed by atoms with Crippen LogP contribution in [0.15, 0.2) is 47.4 Å². The van der Waals surface area contributed by atoms with Gasteiger partial charge in [-0.2, -0.15) is 4.31 Å². The van der Waals surface area contributed by atoms with Crippen LogP contribution in [0.1, 0.15) is 26.2 Å². The molecule has 0 aromatic heterocycles. The van der Waals surface area contributed by atoms with Crippen LogP contribution in [-0.4, -0.2) is 66.7 Å². The fourth-order valence-electron chi connectivity index (χ4n) is 3.62. The number of hydrogen-bond acceptors (Lipinski definition) is 7. The number of amides is 1. The Morgan fingerprint density at radius 3 is 2.23 bits per heavy atom. The maximum Gasteiger partial charge on any atom is 0.265 e. The highest BCUT2D eigenvalue weighted by atomic mass is 32.2. The van der Waals surface area contributed by atoms with Crippen LogP contribution in [0.4, 0.5) is 11.4 Å². The van der Waals surface area contributed by atoms with Crippen LogP contribution in [0, 0.1) is 0 Å². The van der Waals surface area contributed by atoms with Crippen molar-refractivity contribution in [3.63, 3.8) is 0 Å². The maximum absolute atomic E-state index is 13.0. The molecule has 1 N–H and O–H groups in total. The third kappa shape index (κ3) is 6.44. The molecule has 0 saturated carbocycles. The summed E-state index contributed by atoms with van der Waals surface area (Å²) in [5.41, 5.74) is 0.671. The van der Waals surface area contributed by atoms with Crippen LogP contribution in [-0.2, 0) is 24.8 Å². The van der Waals surface area contributed by atoms with Gasteiger partial charge in [-0.15, -0.1) is 0 Å². The van der Waals surface area contributed by atoms with Crippen molar-refractivity contribution < 1.29 is 31.1 Å². The minimum Gasteiger partial charge on any atom is -0.495 e. The number of methoxy groups -OCH3 is 1. The van der Waals surface area contributed by atoms with Crippen molar-refractivity contribution in [2.24, 2.45) is 0 Å². The minimum atomic E-state index is -3.69. The molecule has 12 heteroatoms. The molecule has 0 aliphatic carbocycles. The highest BCUT2D eigenvalue weighted by Gasteiger charge is 2.27. The minimum absolute atomic E-state index is 0.0784. The maximum atomic E-state index is 13.0. The zero-order chi connectivity index (χ0) is 25.8. The van der Waals surface area contributed by atoms with Gasteiger partial charge in [-0.25, -0.2) is 16.8 Å². The van der Waals surface area contributed by atoms with Crippen molar-refractivity contribution >= 4 is 37.3 Å². The molecular formula is C23H31N3O7S2. The van der Waals surface area contributed by atoms with Gasteiger partial charge in [-0.1, -0.05) is 6.42 Å². The van der Waals surface area contributed by atoms with Crippen LogP contribution in [0.3, 0.4) is 0 Å². The molecule has 1 fully saturated rings. The first-order valence-corrected chi connectivity index (χ1v) is 14.4. The van der Waals surface area contributed by atoms with E-state index >= 15 is 0 Å². The molecule has 2 aromatic rings. The van der Waals surface area contributed by atoms with Crippen molar-refractivity contribution in [3.05, 3.63) is 42.5 Å². The van der Waals surface area contributed by atoms with Gasteiger partial charge < -0.3 is 14.8 Å². The van der Waals surface area contributed by atoms with Crippen molar-refractivity contribution in [2.75, 3.05) is 43.1 Å². The molecule has 1 unspecified atom stereocenters. The lowest BCUT2D eigenvalue weighted by Gasteiger charge is -2.26. The van der Waals surface area contributed by atoms with E-state index in [0.29, 0.717) is 30.3 Å². The second-order valence-corrected chi connectivity index (χ2v) is 12.3. The van der Waals surface area contributed by atoms with Crippen LogP contribution in [0.5, 0.6) is 11.5 Å². The summed E-state index contributed by atoms with van der Waals surface area (Å²) >= 11 is 0. The first kappa shape index (κ1) is 26.8. The molecule has 1 saturated heterocycles. The average molecular weight is 526 g/mol. The molecule has 0 spiro atoms. The fraction of sp³-hybridized carbons (Fsp3) is 0.435. The molecule has 35 heavy (non-hydrogen) atoms. The Bertz CT molecular complexity index is 1260. The Kier molecular flexibility index (Phi) is 8.29. The van der Waals surface area contributed by atoms with Gasteiger partial charge in [0.1, 0.15) is 11.5 Å². The lowest BCUT2D eigenvalue weighted by Crippen LogP contribution is -2.35. The topological polar surface area (TPSA) is 122 Å². The monoisotopic (exact) mass is 525 g/mol. The van der Waals surface area contributed by atoms with Crippen LogP contribution in [0.25, 0.3) is 0 Å². The highest BCUT2D eigenvalue weighted by molar-refractivity contribution is 7.92. The Balaban J connectivity index is 1.73. The average Bonchev–Trinajstić information content (AvgIpc) is 2.84. The first-order chi connectivity index (χ1) is 16.4. The molecule has 1 aliphatic rings. The van der Waals surface area contributed by atoms with Gasteiger partial charge in [0.2, 0.25) is 20.0 Å². The summed E-state index contributed by atoms with van der Waals surface area (Å²) in [6, 6.07) is 10.6. The van der Waals surface area contributed by atoms with Crippen molar-refractivity contribution in [3.8, 4) is 11.5 Å². The Labute approximate surface area is 206 Å². The molecule has 0 bridgehead atoms. The smallest absolute Gasteiger partial charge is 0.265 e. The van der Waals surface area contributed by atoms with Gasteiger partial charge in [0.05, 0.1) is 29.6 Å². The number of sulfonamides is 2. The van der Waals surface area contributed by atoms with Crippen molar-refractivity contribution in [1.29, 1.82) is 0 Å². The van der Waals surface area contributed by atoms with E-state index in [1.807, 2.05) is 0 Å². The summed E-state index contributed by atoms with van der Waals surface area (Å²) in [5.74, 6) is 0.177. The zero-order valence-corrected chi connectivity index (χ0v) is 21.9. The number of hydrogen-bond donors (Lipinski definition) is 1. The van der Waals surface area contributed by atoms with E-state index in [4.69, 9.17) is 9.47 Å². The number of rotatable bonds is 9. The summed E-state index contributed by atoms with van der Waals surface area (Å²) in [4.78, 5) is 12.9. The Morgan fingerprint density at radius 1 is 1.03 bits per heavy atom. The number of nitrogens with one attached hydrogen (secondary N) is 1. The predicted molar refractivity (Wildman–Crippen MR) is 134 cm³/mol. The largest absolute Gasteiger partial charge is 0.495 e. The summed E-state index contributed by atoms with van der Waals surface area (Å²) in [6.45, 7) is 2.49. The third-order valence-corrected chi connectivity index (χ3v) is 8.86. The second-order valence-electron chi connectivity index (χ2n) is 8.30. The quantitative estimate of drug-likeness (QED) is 0.534. The van der Waals surface area contributed by atoms with Gasteiger partial charge in [0.15, 0.2) is 6.10 Å². The van der Waals surface area contributed by atoms with E-state index < -0.39 is 32.1 Å². The lowest BCUT2D eigenvalue weighted by atomic mass is 10.2. The van der Waals surface area contributed by atoms with E-state index in [1.54, 1.807) is 31.2 Å². The van der Waals surface area contributed by atoms with Gasteiger partial charge in [-0.3, -0.25) is 9.10 Å². The van der Waals surface area contributed by atoms with Crippen molar-refractivity contribution in [1.82, 2.24) is 4.31 Å². The van der Waals surface area contributed by atoms with E-state index in [-0.39, 0.29) is 10.6 Å². The summed E-state index contributed by atoms with van der Waals surface area (Å²) < 4.78 is 63.0. The fourth-order valence-corrected chi connectivity index (χ4v) is 5.67. The van der Waals surface area contributed by atoms with Gasteiger partial charge >= 0.3 is 0 Å². The number of carbonyl (C=O) groups is 1. The molecule has 0 radical (unpaired) electrons. The van der Waals surface area contributed by atoms with Gasteiger partial charge in [0.25, 0.3) is 5.91 Å². The number of anilines is 2. The highest BCUT2D eigenvalue weighted by Crippen LogP contribution is 2.30. The molecule has 1 amide bonds. The molecule has 1 atom stereocenters. The van der Waals surface area contributed by atoms with E-state index in [0.717, 1.165) is 29.8 Å². The molecule has 1 heterocycles. The molecule has 1 aliphatic heterocycles. The molecule has 2 aromatic carbocycles. The van der Waals surface area contributed by atoms with Crippen LogP contribution >= 0.6 is 0 Å². The number of nitrogens with zero attached hydrogens (tertiary/aromatic N) is 2. The second kappa shape index (κ2) is 10.8. The SMILES string of the molecule is COc1ccc(S(=O)(=O)N2CCCCC2)cc1NC(=O)C(C)Oc1ccc(N(C)S(C)(=O)=O)cc1. The molecule has 10 nitrogen and oxygen atoms in total. The molecule has 192 valence electrons. The van der Waals surface area contributed by atoms with E-state index in [2.05, 4.69) is 5.32 Å². The van der Waals surface area contributed by atoms with Crippen molar-refractivity contribution in [2.45, 2.75) is 37.2 Å². The Morgan fingerprint density at radius 2 is 1.66 bits per heavy atom. The third-order valence-electron chi connectivity index (χ3n) is 5.76. The standard InChI is InChI=1S/C23H31N3O7S2/c1-17(33-19-10-8-18(9-11-19)25(2)34(4,28)29)23(27)24-21-16-20(12-13-22(21)32-3)35(30,31)26-14-6-5-7-15-26/h8-13,16-17H,5-7,14-15H2,1-4H3,(H,24,27). The molecular weight excluding hydrogens is 494 g/mol. The number of ether oxygens (including phenoxy) is 2. The zero-order valence-electron chi connectivity index (χ0n) is 20.2. The van der Waals surface area contributed by atoms with Crippen LogP contribution in [0.2, 0.25) is 0 Å². The summed E-state index contributed by atoms with van der Waals surface area (Å²) in [5, 5.41) is 2.69. The number of benzene rings is 2. The number of piperidine rings is 1. The summed E-state index contributed by atoms with van der Waals surface area (Å²) in [7, 11) is -4.22.